The van der Waals surface area contributed by atoms with Crippen molar-refractivity contribution in [1.82, 2.24) is 40.4 Å². The van der Waals surface area contributed by atoms with E-state index >= 15 is 4.39 Å². The zero-order valence-electron chi connectivity index (χ0n) is 18.1. The molecule has 6 heterocycles. The van der Waals surface area contributed by atoms with Gasteiger partial charge in [-0.05, 0) is 24.2 Å². The van der Waals surface area contributed by atoms with Gasteiger partial charge in [0.05, 0.1) is 41.3 Å². The average Bonchev–Trinajstić information content (AvgIpc) is 3.62. The van der Waals surface area contributed by atoms with Gasteiger partial charge in [-0.15, -0.1) is 0 Å². The lowest BCUT2D eigenvalue weighted by atomic mass is 10.1. The Kier molecular flexibility index (Phi) is 4.84. The number of imidazole rings is 1. The summed E-state index contributed by atoms with van der Waals surface area (Å²) in [5.41, 5.74) is 5.65. The van der Waals surface area contributed by atoms with Gasteiger partial charge in [0, 0.05) is 41.8 Å². The molecule has 0 fully saturated rings. The molecule has 0 aliphatic rings. The van der Waals surface area contributed by atoms with E-state index in [4.69, 9.17) is 9.40 Å². The Morgan fingerprint density at radius 3 is 2.79 bits per heavy atom. The highest BCUT2D eigenvalue weighted by atomic mass is 19.1. The zero-order valence-corrected chi connectivity index (χ0v) is 18.1. The average molecular weight is 454 g/mol. The number of aromatic amines is 2. The first-order valence-electron chi connectivity index (χ1n) is 10.8. The summed E-state index contributed by atoms with van der Waals surface area (Å²) in [7, 11) is 0. The molecule has 0 aromatic carbocycles. The van der Waals surface area contributed by atoms with Crippen molar-refractivity contribution in [2.75, 3.05) is 6.54 Å². The van der Waals surface area contributed by atoms with Crippen LogP contribution >= 0.6 is 0 Å². The van der Waals surface area contributed by atoms with Crippen molar-refractivity contribution in [3.05, 3.63) is 67.0 Å². The number of rotatable bonds is 6. The summed E-state index contributed by atoms with van der Waals surface area (Å²) < 4.78 is 21.1. The molecule has 6 rings (SSSR count). The van der Waals surface area contributed by atoms with Crippen molar-refractivity contribution in [3.8, 4) is 33.9 Å². The molecule has 0 saturated carbocycles. The normalized spacial score (nSPS) is 11.6. The molecule has 3 N–H and O–H groups in total. The molecule has 0 unspecified atom stereocenters. The van der Waals surface area contributed by atoms with E-state index in [1.165, 1.54) is 0 Å². The van der Waals surface area contributed by atoms with E-state index in [1.807, 2.05) is 19.1 Å². The SMILES string of the molecule is CCNCc1cncc(-c2ncc3[nH]nc(-c4nc5c(-c6ccoc6)cncc5[nH]4)c3c2F)c1. The van der Waals surface area contributed by atoms with Crippen LogP contribution in [-0.4, -0.2) is 41.7 Å². The largest absolute Gasteiger partial charge is 0.472 e. The zero-order chi connectivity index (χ0) is 23.1. The molecule has 0 amide bonds. The quantitative estimate of drug-likeness (QED) is 0.340. The number of furan rings is 1. The maximum absolute atomic E-state index is 15.8. The second-order valence-electron chi connectivity index (χ2n) is 7.82. The van der Waals surface area contributed by atoms with E-state index in [1.54, 1.807) is 43.5 Å². The summed E-state index contributed by atoms with van der Waals surface area (Å²) in [6.07, 6.45) is 11.6. The van der Waals surface area contributed by atoms with E-state index in [0.717, 1.165) is 23.2 Å². The number of nitrogens with zero attached hydrogens (tertiary/aromatic N) is 5. The van der Waals surface area contributed by atoms with Gasteiger partial charge >= 0.3 is 0 Å². The molecule has 0 atom stereocenters. The lowest BCUT2D eigenvalue weighted by Gasteiger charge is -2.07. The first-order chi connectivity index (χ1) is 16.7. The van der Waals surface area contributed by atoms with Crippen molar-refractivity contribution < 1.29 is 8.81 Å². The Labute approximate surface area is 192 Å². The fourth-order valence-corrected chi connectivity index (χ4v) is 4.01. The van der Waals surface area contributed by atoms with Gasteiger partial charge in [0.25, 0.3) is 0 Å². The molecule has 168 valence electrons. The second kappa shape index (κ2) is 8.16. The van der Waals surface area contributed by atoms with Gasteiger partial charge in [-0.1, -0.05) is 6.92 Å². The second-order valence-corrected chi connectivity index (χ2v) is 7.82. The van der Waals surface area contributed by atoms with Gasteiger partial charge < -0.3 is 14.7 Å². The molecule has 6 aromatic rings. The van der Waals surface area contributed by atoms with Crippen LogP contribution in [0.4, 0.5) is 4.39 Å². The van der Waals surface area contributed by atoms with Crippen LogP contribution in [0.25, 0.3) is 55.8 Å². The van der Waals surface area contributed by atoms with Gasteiger partial charge in [0.2, 0.25) is 0 Å². The minimum Gasteiger partial charge on any atom is -0.472 e. The maximum atomic E-state index is 15.8. The lowest BCUT2D eigenvalue weighted by Crippen LogP contribution is -2.11. The number of H-pyrrole nitrogens is 2. The van der Waals surface area contributed by atoms with Crippen molar-refractivity contribution in [3.63, 3.8) is 0 Å². The van der Waals surface area contributed by atoms with Crippen LogP contribution in [0.2, 0.25) is 0 Å². The summed E-state index contributed by atoms with van der Waals surface area (Å²) in [4.78, 5) is 20.8. The molecule has 0 saturated heterocycles. The Morgan fingerprint density at radius 1 is 1.03 bits per heavy atom. The highest BCUT2D eigenvalue weighted by Gasteiger charge is 2.21. The highest BCUT2D eigenvalue weighted by Crippen LogP contribution is 2.34. The number of fused-ring (bicyclic) bond motifs is 2. The first-order valence-corrected chi connectivity index (χ1v) is 10.8. The third-order valence-corrected chi connectivity index (χ3v) is 5.64. The molecule has 6 aromatic heterocycles. The van der Waals surface area contributed by atoms with E-state index in [-0.39, 0.29) is 5.69 Å². The smallest absolute Gasteiger partial charge is 0.161 e. The molecule has 10 heteroatoms. The molecule has 34 heavy (non-hydrogen) atoms. The molecule has 0 radical (unpaired) electrons. The van der Waals surface area contributed by atoms with Crippen molar-refractivity contribution in [2.45, 2.75) is 13.5 Å². The van der Waals surface area contributed by atoms with E-state index < -0.39 is 5.82 Å². The van der Waals surface area contributed by atoms with Crippen LogP contribution in [-0.2, 0) is 6.54 Å². The van der Waals surface area contributed by atoms with E-state index in [2.05, 4.69) is 35.5 Å². The van der Waals surface area contributed by atoms with Crippen molar-refractivity contribution in [2.24, 2.45) is 0 Å². The van der Waals surface area contributed by atoms with Gasteiger partial charge in [-0.2, -0.15) is 5.10 Å². The molecule has 0 bridgehead atoms. The number of pyridine rings is 3. The highest BCUT2D eigenvalue weighted by molar-refractivity contribution is 5.97. The van der Waals surface area contributed by atoms with Gasteiger partial charge in [-0.3, -0.25) is 20.1 Å². The topological polar surface area (TPSA) is 121 Å². The van der Waals surface area contributed by atoms with E-state index in [0.29, 0.717) is 45.6 Å². The fraction of sp³-hybridized carbons (Fsp3) is 0.125. The van der Waals surface area contributed by atoms with Crippen LogP contribution in [0, 0.1) is 5.82 Å². The Hall–Kier alpha value is -4.44. The molecule has 0 aliphatic heterocycles. The monoisotopic (exact) mass is 454 g/mol. The molecular formula is C24H19FN8O. The molecule has 9 nitrogen and oxygen atoms in total. The number of hydrogen-bond donors (Lipinski definition) is 3. The van der Waals surface area contributed by atoms with Crippen LogP contribution < -0.4 is 5.32 Å². The van der Waals surface area contributed by atoms with E-state index in [9.17, 15) is 0 Å². The third-order valence-electron chi connectivity index (χ3n) is 5.64. The molecular weight excluding hydrogens is 435 g/mol. The van der Waals surface area contributed by atoms with Crippen LogP contribution in [0.5, 0.6) is 0 Å². The number of halogens is 1. The standard InChI is InChI=1S/C24H19FN8O/c1-2-26-6-13-5-15(8-27-7-13)21-20(25)19-17(11-29-21)32-33-23(19)24-30-18-10-28-9-16(22(18)31-24)14-3-4-34-12-14/h3-5,7-12,26H,2,6H2,1H3,(H,30,31)(H,32,33). The van der Waals surface area contributed by atoms with Crippen LogP contribution in [0.3, 0.4) is 0 Å². The van der Waals surface area contributed by atoms with Crippen molar-refractivity contribution >= 4 is 21.9 Å². The summed E-state index contributed by atoms with van der Waals surface area (Å²) in [6, 6.07) is 3.72. The summed E-state index contributed by atoms with van der Waals surface area (Å²) in [5.74, 6) is -0.0636. The summed E-state index contributed by atoms with van der Waals surface area (Å²) >= 11 is 0. The Bertz CT molecular complexity index is 1620. The predicted molar refractivity (Wildman–Crippen MR) is 125 cm³/mol. The van der Waals surface area contributed by atoms with Crippen molar-refractivity contribution in [1.29, 1.82) is 0 Å². The van der Waals surface area contributed by atoms with Crippen LogP contribution in [0.1, 0.15) is 12.5 Å². The first kappa shape index (κ1) is 20.2. The number of hydrogen-bond acceptors (Lipinski definition) is 7. The third kappa shape index (κ3) is 3.32. The maximum Gasteiger partial charge on any atom is 0.161 e. The predicted octanol–water partition coefficient (Wildman–Crippen LogP) is 4.47. The van der Waals surface area contributed by atoms with Crippen LogP contribution in [0.15, 0.2) is 60.1 Å². The molecule has 0 aliphatic carbocycles. The summed E-state index contributed by atoms with van der Waals surface area (Å²) in [6.45, 7) is 3.50. The Morgan fingerprint density at radius 2 is 1.94 bits per heavy atom. The number of nitrogens with one attached hydrogen (secondary N) is 3. The lowest BCUT2D eigenvalue weighted by molar-refractivity contribution is 0.568. The van der Waals surface area contributed by atoms with Gasteiger partial charge in [-0.25, -0.2) is 9.37 Å². The summed E-state index contributed by atoms with van der Waals surface area (Å²) in [5, 5.41) is 10.8. The minimum absolute atomic E-state index is 0.206. The molecule has 0 spiro atoms. The fourth-order valence-electron chi connectivity index (χ4n) is 4.01. The van der Waals surface area contributed by atoms with Gasteiger partial charge in [0.1, 0.15) is 16.9 Å². The number of aromatic nitrogens is 7. The van der Waals surface area contributed by atoms with Gasteiger partial charge in [0.15, 0.2) is 11.6 Å². The Balaban J connectivity index is 1.48. The minimum atomic E-state index is -0.489.